The summed E-state index contributed by atoms with van der Waals surface area (Å²) in [5.74, 6) is 0. The molecule has 372 valence electrons. The first-order valence-electron chi connectivity index (χ1n) is 27.6. The Labute approximate surface area is 461 Å². The van der Waals surface area contributed by atoms with Crippen LogP contribution in [-0.2, 0) is 10.8 Å². The molecule has 0 N–H and O–H groups in total. The van der Waals surface area contributed by atoms with Crippen LogP contribution in [0.15, 0.2) is 285 Å². The Morgan fingerprint density at radius 3 is 1.27 bits per heavy atom. The molecule has 0 amide bonds. The van der Waals surface area contributed by atoms with Crippen molar-refractivity contribution in [1.82, 2.24) is 4.57 Å². The lowest BCUT2D eigenvalue weighted by Crippen LogP contribution is -2.26. The fraction of sp³-hybridized carbons (Fsp3) is 0.0526. The topological polar surface area (TPSA) is 11.4 Å². The smallest absolute Gasteiger partial charge is 0.0726 e. The average Bonchev–Trinajstić information content (AvgIpc) is 4.13. The lowest BCUT2D eigenvalue weighted by Gasteiger charge is -2.33. The third kappa shape index (κ3) is 6.60. The summed E-state index contributed by atoms with van der Waals surface area (Å²) in [7, 11) is 0. The maximum absolute atomic E-state index is 2.51. The van der Waals surface area contributed by atoms with Crippen LogP contribution < -0.4 is 9.80 Å². The van der Waals surface area contributed by atoms with Gasteiger partial charge in [0.1, 0.15) is 0 Å². The molecule has 3 aliphatic rings. The van der Waals surface area contributed by atoms with Gasteiger partial charge in [-0.1, -0.05) is 202 Å². The maximum atomic E-state index is 2.51. The second-order valence-corrected chi connectivity index (χ2v) is 22.0. The molecule has 0 atom stereocenters. The largest absolute Gasteiger partial charge is 0.310 e. The minimum atomic E-state index is -0.496. The molecule has 0 aliphatic heterocycles. The van der Waals surface area contributed by atoms with Gasteiger partial charge in [-0.05, 0) is 175 Å². The van der Waals surface area contributed by atoms with E-state index in [1.54, 1.807) is 0 Å². The lowest BCUT2D eigenvalue weighted by atomic mass is 9.70. The van der Waals surface area contributed by atoms with Crippen LogP contribution in [0.3, 0.4) is 0 Å². The first-order valence-corrected chi connectivity index (χ1v) is 27.6. The van der Waals surface area contributed by atoms with Gasteiger partial charge in [-0.2, -0.15) is 0 Å². The summed E-state index contributed by atoms with van der Waals surface area (Å²) in [6, 6.07) is 106. The van der Waals surface area contributed by atoms with E-state index in [0.717, 1.165) is 50.9 Å². The molecule has 0 unspecified atom stereocenters. The quantitative estimate of drug-likeness (QED) is 0.150. The van der Waals surface area contributed by atoms with Crippen LogP contribution in [0.5, 0.6) is 0 Å². The summed E-state index contributed by atoms with van der Waals surface area (Å²) < 4.78 is 2.40. The van der Waals surface area contributed by atoms with Gasteiger partial charge >= 0.3 is 0 Å². The van der Waals surface area contributed by atoms with E-state index in [0.29, 0.717) is 0 Å². The second-order valence-electron chi connectivity index (χ2n) is 22.0. The Balaban J connectivity index is 0.957. The minimum Gasteiger partial charge on any atom is -0.310 e. The highest BCUT2D eigenvalue weighted by Crippen LogP contribution is 2.63. The maximum Gasteiger partial charge on any atom is 0.0726 e. The Bertz CT molecular complexity index is 4520. The fourth-order valence-electron chi connectivity index (χ4n) is 14.1. The van der Waals surface area contributed by atoms with E-state index >= 15 is 0 Å². The number of para-hydroxylation sites is 4. The van der Waals surface area contributed by atoms with Gasteiger partial charge in [0.15, 0.2) is 0 Å². The molecule has 1 heterocycles. The summed E-state index contributed by atoms with van der Waals surface area (Å²) >= 11 is 0. The number of rotatable bonds is 8. The van der Waals surface area contributed by atoms with E-state index in [1.165, 1.54) is 88.6 Å². The van der Waals surface area contributed by atoms with Crippen molar-refractivity contribution in [3.63, 3.8) is 0 Å². The SMILES string of the molecule is CC1(C)c2ccccc2-c2ccc(N(c3ccccc3)c3cc(-c4ccc5c(c4)c4ccccc4n5-c4ccccc4)cc(N(c4ccccc4)c4ccc5c(c4)C4(c6ccccc6-c6ccccc64)c4ccccc4-5)c3)cc21. The Kier molecular flexibility index (Phi) is 9.90. The van der Waals surface area contributed by atoms with Crippen molar-refractivity contribution in [2.75, 3.05) is 9.80 Å². The van der Waals surface area contributed by atoms with Crippen LogP contribution >= 0.6 is 0 Å². The van der Waals surface area contributed by atoms with Gasteiger partial charge in [0, 0.05) is 56.0 Å². The molecule has 0 saturated carbocycles. The third-order valence-corrected chi connectivity index (χ3v) is 17.5. The Hall–Kier alpha value is -9.96. The fourth-order valence-corrected chi connectivity index (χ4v) is 14.1. The highest BCUT2D eigenvalue weighted by molar-refractivity contribution is 6.11. The molecule has 1 spiro atoms. The second kappa shape index (κ2) is 17.3. The molecule has 12 aromatic carbocycles. The van der Waals surface area contributed by atoms with Gasteiger partial charge in [-0.3, -0.25) is 0 Å². The molecule has 3 aliphatic carbocycles. The first kappa shape index (κ1) is 45.3. The summed E-state index contributed by atoms with van der Waals surface area (Å²) in [6.45, 7) is 4.75. The predicted molar refractivity (Wildman–Crippen MR) is 329 cm³/mol. The van der Waals surface area contributed by atoms with E-state index in [-0.39, 0.29) is 5.41 Å². The minimum absolute atomic E-state index is 0.180. The van der Waals surface area contributed by atoms with Gasteiger partial charge in [0.05, 0.1) is 16.4 Å². The Morgan fingerprint density at radius 2 is 0.696 bits per heavy atom. The molecular formula is C76H53N3. The predicted octanol–water partition coefficient (Wildman–Crippen LogP) is 20.0. The van der Waals surface area contributed by atoms with Gasteiger partial charge in [-0.15, -0.1) is 0 Å². The van der Waals surface area contributed by atoms with Crippen molar-refractivity contribution in [2.24, 2.45) is 0 Å². The Morgan fingerprint density at radius 1 is 0.266 bits per heavy atom. The van der Waals surface area contributed by atoms with Crippen molar-refractivity contribution < 1.29 is 0 Å². The number of hydrogen-bond donors (Lipinski definition) is 0. The number of fused-ring (bicyclic) bond motifs is 16. The van der Waals surface area contributed by atoms with Crippen LogP contribution in [0.4, 0.5) is 34.1 Å². The monoisotopic (exact) mass is 1010 g/mol. The molecular weight excluding hydrogens is 955 g/mol. The van der Waals surface area contributed by atoms with E-state index in [9.17, 15) is 0 Å². The first-order chi connectivity index (χ1) is 38.9. The molecule has 16 rings (SSSR count). The highest BCUT2D eigenvalue weighted by atomic mass is 15.2. The molecule has 1 aromatic heterocycles. The number of benzene rings is 12. The van der Waals surface area contributed by atoms with Gasteiger partial charge in [0.25, 0.3) is 0 Å². The normalized spacial score (nSPS) is 13.6. The van der Waals surface area contributed by atoms with Crippen LogP contribution in [0.2, 0.25) is 0 Å². The van der Waals surface area contributed by atoms with Crippen LogP contribution in [-0.4, -0.2) is 4.57 Å². The van der Waals surface area contributed by atoms with Gasteiger partial charge in [-0.25, -0.2) is 0 Å². The zero-order chi connectivity index (χ0) is 52.4. The standard InChI is InChI=1S/C76H53N3/c1-75(2)67-33-17-12-28-59(67)63-41-39-55(48-71(63)75)77(52-22-6-3-7-23-52)57-44-51(50-38-43-74-66(46-50)65-32-16-21-37-73(65)79(74)54-26-10-5-11-27-54)45-58(47-57)78(53-24-8-4-9-25-53)56-40-42-64-62-31-15-20-36-70(62)76(72(64)49-56)68-34-18-13-29-60(68)61-30-14-19-35-69(61)76/h3-49H,1-2H3. The van der Waals surface area contributed by atoms with E-state index in [2.05, 4.69) is 313 Å². The number of nitrogens with zero attached hydrogens (tertiary/aromatic N) is 3. The van der Waals surface area contributed by atoms with E-state index in [4.69, 9.17) is 0 Å². The van der Waals surface area contributed by atoms with Crippen LogP contribution in [0.25, 0.3) is 72.0 Å². The molecule has 0 saturated heterocycles. The van der Waals surface area contributed by atoms with Crippen molar-refractivity contribution >= 4 is 55.9 Å². The number of aromatic nitrogens is 1. The zero-order valence-electron chi connectivity index (χ0n) is 44.0. The highest BCUT2D eigenvalue weighted by Gasteiger charge is 2.51. The average molecular weight is 1010 g/mol. The van der Waals surface area contributed by atoms with Crippen molar-refractivity contribution in [3.8, 4) is 50.2 Å². The van der Waals surface area contributed by atoms with Crippen molar-refractivity contribution in [3.05, 3.63) is 318 Å². The summed E-state index contributed by atoms with van der Waals surface area (Å²) in [5, 5.41) is 2.44. The van der Waals surface area contributed by atoms with Crippen molar-refractivity contribution in [1.29, 1.82) is 0 Å². The van der Waals surface area contributed by atoms with Gasteiger partial charge in [0.2, 0.25) is 0 Å². The van der Waals surface area contributed by atoms with Gasteiger partial charge < -0.3 is 14.4 Å². The molecule has 0 bridgehead atoms. The summed E-state index contributed by atoms with van der Waals surface area (Å²) in [5.41, 5.74) is 27.3. The van der Waals surface area contributed by atoms with E-state index in [1.807, 2.05) is 0 Å². The van der Waals surface area contributed by atoms with Crippen LogP contribution in [0.1, 0.15) is 47.2 Å². The van der Waals surface area contributed by atoms with Crippen LogP contribution in [0, 0.1) is 0 Å². The van der Waals surface area contributed by atoms with Crippen molar-refractivity contribution in [2.45, 2.75) is 24.7 Å². The summed E-state index contributed by atoms with van der Waals surface area (Å²) in [4.78, 5) is 4.96. The summed E-state index contributed by atoms with van der Waals surface area (Å²) in [6.07, 6.45) is 0. The molecule has 79 heavy (non-hydrogen) atoms. The number of hydrogen-bond acceptors (Lipinski definition) is 2. The molecule has 13 aromatic rings. The molecule has 0 fully saturated rings. The van der Waals surface area contributed by atoms with E-state index < -0.39 is 5.41 Å². The molecule has 3 heteroatoms. The number of anilines is 6. The molecule has 0 radical (unpaired) electrons. The zero-order valence-corrected chi connectivity index (χ0v) is 44.0. The molecule has 3 nitrogen and oxygen atoms in total. The lowest BCUT2D eigenvalue weighted by molar-refractivity contribution is 0.660. The third-order valence-electron chi connectivity index (χ3n) is 17.5.